The molecule has 0 spiro atoms. The van der Waals surface area contributed by atoms with Crippen molar-refractivity contribution in [3.8, 4) is 0 Å². The first kappa shape index (κ1) is 12.3. The SMILES string of the molecule is CC1=CC=CC(NC(=O)OC(C)(C)C)=NO1. The Morgan fingerprint density at radius 3 is 2.81 bits per heavy atom. The maximum Gasteiger partial charge on any atom is 0.413 e. The van der Waals surface area contributed by atoms with Crippen molar-refractivity contribution in [1.82, 2.24) is 5.32 Å². The molecule has 0 bridgehead atoms. The lowest BCUT2D eigenvalue weighted by molar-refractivity contribution is 0.0561. The normalized spacial score (nSPS) is 15.5. The van der Waals surface area contributed by atoms with E-state index < -0.39 is 11.7 Å². The van der Waals surface area contributed by atoms with Crippen molar-refractivity contribution >= 4 is 11.9 Å². The van der Waals surface area contributed by atoms with Gasteiger partial charge in [-0.25, -0.2) is 4.79 Å². The third-order valence-corrected chi connectivity index (χ3v) is 1.50. The van der Waals surface area contributed by atoms with Crippen molar-refractivity contribution < 1.29 is 14.4 Å². The van der Waals surface area contributed by atoms with Crippen molar-refractivity contribution in [1.29, 1.82) is 0 Å². The summed E-state index contributed by atoms with van der Waals surface area (Å²) in [6.45, 7) is 7.14. The van der Waals surface area contributed by atoms with Crippen LogP contribution in [0.4, 0.5) is 4.79 Å². The molecule has 0 saturated carbocycles. The van der Waals surface area contributed by atoms with Gasteiger partial charge in [-0.15, -0.1) is 0 Å². The average Bonchev–Trinajstić information content (AvgIpc) is 2.27. The average molecular weight is 224 g/mol. The summed E-state index contributed by atoms with van der Waals surface area (Å²) in [4.78, 5) is 16.4. The van der Waals surface area contributed by atoms with Crippen LogP contribution in [0, 0.1) is 0 Å². The molecule has 1 N–H and O–H groups in total. The van der Waals surface area contributed by atoms with Crippen molar-refractivity contribution in [3.05, 3.63) is 24.0 Å². The Kier molecular flexibility index (Phi) is 3.71. The van der Waals surface area contributed by atoms with Gasteiger partial charge >= 0.3 is 6.09 Å². The first-order chi connectivity index (χ1) is 7.37. The van der Waals surface area contributed by atoms with Gasteiger partial charge in [-0.1, -0.05) is 11.2 Å². The van der Waals surface area contributed by atoms with E-state index in [2.05, 4.69) is 10.5 Å². The van der Waals surface area contributed by atoms with Gasteiger partial charge in [0.05, 0.1) is 0 Å². The number of ether oxygens (including phenoxy) is 1. The molecule has 0 atom stereocenters. The van der Waals surface area contributed by atoms with Gasteiger partial charge in [0.25, 0.3) is 0 Å². The predicted molar refractivity (Wildman–Crippen MR) is 60.8 cm³/mol. The fraction of sp³-hybridized carbons (Fsp3) is 0.455. The van der Waals surface area contributed by atoms with Gasteiger partial charge in [-0.05, 0) is 39.8 Å². The zero-order chi connectivity index (χ0) is 12.2. The molecule has 5 heteroatoms. The van der Waals surface area contributed by atoms with Crippen LogP contribution in [0.5, 0.6) is 0 Å². The van der Waals surface area contributed by atoms with Crippen molar-refractivity contribution in [2.24, 2.45) is 5.16 Å². The number of hydrogen-bond acceptors (Lipinski definition) is 4. The summed E-state index contributed by atoms with van der Waals surface area (Å²) < 4.78 is 5.07. The minimum absolute atomic E-state index is 0.308. The van der Waals surface area contributed by atoms with Crippen molar-refractivity contribution in [2.45, 2.75) is 33.3 Å². The highest BCUT2D eigenvalue weighted by Crippen LogP contribution is 2.07. The Hall–Kier alpha value is -1.78. The van der Waals surface area contributed by atoms with Gasteiger partial charge in [0.1, 0.15) is 11.4 Å². The summed E-state index contributed by atoms with van der Waals surface area (Å²) in [5.74, 6) is 0.958. The highest BCUT2D eigenvalue weighted by atomic mass is 16.6. The van der Waals surface area contributed by atoms with Gasteiger partial charge in [0, 0.05) is 0 Å². The predicted octanol–water partition coefficient (Wildman–Crippen LogP) is 2.31. The van der Waals surface area contributed by atoms with E-state index >= 15 is 0 Å². The zero-order valence-corrected chi connectivity index (χ0v) is 9.90. The number of amidine groups is 1. The highest BCUT2D eigenvalue weighted by molar-refractivity contribution is 6.02. The largest absolute Gasteiger partial charge is 0.444 e. The van der Waals surface area contributed by atoms with Crippen LogP contribution in [0.15, 0.2) is 29.1 Å². The molecule has 1 aliphatic rings. The topological polar surface area (TPSA) is 59.9 Å². The number of hydrogen-bond donors (Lipinski definition) is 1. The van der Waals surface area contributed by atoms with Gasteiger partial charge in [-0.3, -0.25) is 5.32 Å². The fourth-order valence-electron chi connectivity index (χ4n) is 0.929. The van der Waals surface area contributed by atoms with E-state index in [1.54, 1.807) is 45.9 Å². The molecule has 0 aromatic rings. The van der Waals surface area contributed by atoms with Gasteiger partial charge in [-0.2, -0.15) is 0 Å². The number of nitrogens with one attached hydrogen (secondary N) is 1. The summed E-state index contributed by atoms with van der Waals surface area (Å²) in [5, 5.41) is 6.20. The summed E-state index contributed by atoms with van der Waals surface area (Å²) in [7, 11) is 0. The molecule has 0 aromatic heterocycles. The zero-order valence-electron chi connectivity index (χ0n) is 9.90. The summed E-state index contributed by atoms with van der Waals surface area (Å²) in [5.41, 5.74) is -0.534. The molecule has 1 rings (SSSR count). The summed E-state index contributed by atoms with van der Waals surface area (Å²) in [6, 6.07) is 0. The molecule has 88 valence electrons. The van der Waals surface area contributed by atoms with Gasteiger partial charge in [0.15, 0.2) is 5.84 Å². The van der Waals surface area contributed by atoms with Crippen molar-refractivity contribution in [3.63, 3.8) is 0 Å². The molecule has 1 aliphatic heterocycles. The number of alkyl carbamates (subject to hydrolysis) is 1. The van der Waals surface area contributed by atoms with E-state index in [0.29, 0.717) is 11.6 Å². The first-order valence-corrected chi connectivity index (χ1v) is 4.97. The molecule has 0 aliphatic carbocycles. The molecule has 0 unspecified atom stereocenters. The Labute approximate surface area is 94.8 Å². The molecule has 1 amide bonds. The second-order valence-electron chi connectivity index (χ2n) is 4.33. The van der Waals surface area contributed by atoms with E-state index in [4.69, 9.17) is 9.57 Å². The van der Waals surface area contributed by atoms with Crippen LogP contribution in [0.1, 0.15) is 27.7 Å². The molecular weight excluding hydrogens is 208 g/mol. The summed E-state index contributed by atoms with van der Waals surface area (Å²) >= 11 is 0. The monoisotopic (exact) mass is 224 g/mol. The molecule has 0 radical (unpaired) electrons. The quantitative estimate of drug-likeness (QED) is 0.686. The van der Waals surface area contributed by atoms with Crippen molar-refractivity contribution in [2.75, 3.05) is 0 Å². The minimum Gasteiger partial charge on any atom is -0.444 e. The van der Waals surface area contributed by atoms with Crippen LogP contribution in [0.3, 0.4) is 0 Å². The number of carbonyl (C=O) groups excluding carboxylic acids is 1. The van der Waals surface area contributed by atoms with Crippen LogP contribution in [0.25, 0.3) is 0 Å². The maximum atomic E-state index is 11.4. The lowest BCUT2D eigenvalue weighted by Gasteiger charge is -2.19. The molecular formula is C11H16N2O3. The second kappa shape index (κ2) is 4.83. The van der Waals surface area contributed by atoms with E-state index in [9.17, 15) is 4.79 Å². The third kappa shape index (κ3) is 4.63. The molecule has 16 heavy (non-hydrogen) atoms. The van der Waals surface area contributed by atoms with E-state index in [1.165, 1.54) is 0 Å². The van der Waals surface area contributed by atoms with E-state index in [-0.39, 0.29) is 0 Å². The Balaban J connectivity index is 2.53. The minimum atomic E-state index is -0.556. The number of carbonyl (C=O) groups is 1. The Morgan fingerprint density at radius 1 is 1.50 bits per heavy atom. The fourth-order valence-corrected chi connectivity index (χ4v) is 0.929. The number of amides is 1. The van der Waals surface area contributed by atoms with Crippen LogP contribution >= 0.6 is 0 Å². The third-order valence-electron chi connectivity index (χ3n) is 1.50. The molecule has 1 heterocycles. The Morgan fingerprint density at radius 2 is 2.19 bits per heavy atom. The summed E-state index contributed by atoms with van der Waals surface area (Å²) in [6.07, 6.45) is 4.55. The molecule has 0 aromatic carbocycles. The van der Waals surface area contributed by atoms with Gasteiger partial charge < -0.3 is 9.57 Å². The number of oxime groups is 1. The smallest absolute Gasteiger partial charge is 0.413 e. The second-order valence-corrected chi connectivity index (χ2v) is 4.33. The molecule has 0 saturated heterocycles. The lowest BCUT2D eigenvalue weighted by Crippen LogP contribution is -2.35. The number of rotatable bonds is 0. The number of allylic oxidation sites excluding steroid dienone is 3. The van der Waals surface area contributed by atoms with Crippen LogP contribution in [-0.4, -0.2) is 17.5 Å². The van der Waals surface area contributed by atoms with E-state index in [0.717, 1.165) is 0 Å². The Bertz CT molecular complexity index is 362. The van der Waals surface area contributed by atoms with E-state index in [1.807, 2.05) is 0 Å². The van der Waals surface area contributed by atoms with Crippen LogP contribution in [-0.2, 0) is 9.57 Å². The lowest BCUT2D eigenvalue weighted by atomic mass is 10.2. The number of nitrogens with zero attached hydrogens (tertiary/aromatic N) is 1. The van der Waals surface area contributed by atoms with Crippen LogP contribution in [0.2, 0.25) is 0 Å². The van der Waals surface area contributed by atoms with Gasteiger partial charge in [0.2, 0.25) is 0 Å². The first-order valence-electron chi connectivity index (χ1n) is 4.97. The molecule has 0 fully saturated rings. The van der Waals surface area contributed by atoms with Crippen LogP contribution < -0.4 is 5.32 Å². The standard InChI is InChI=1S/C11H16N2O3/c1-8-6-5-7-9(13-16-8)12-10(14)15-11(2,3)4/h5-7H,1-4H3,(H,12,13,14). The molecule has 5 nitrogen and oxygen atoms in total. The highest BCUT2D eigenvalue weighted by Gasteiger charge is 2.17. The maximum absolute atomic E-state index is 11.4.